The monoisotopic (exact) mass is 282 g/mol. The van der Waals surface area contributed by atoms with E-state index in [-0.39, 0.29) is 6.04 Å². The van der Waals surface area contributed by atoms with Crippen LogP contribution in [0.1, 0.15) is 27.2 Å². The fraction of sp³-hybridized carbons (Fsp3) is 0.357. The highest BCUT2D eigenvalue weighted by Crippen LogP contribution is 2.27. The number of thiazole rings is 1. The van der Waals surface area contributed by atoms with Gasteiger partial charge < -0.3 is 5.32 Å². The summed E-state index contributed by atoms with van der Waals surface area (Å²) in [6.45, 7) is 3.93. The minimum atomic E-state index is -0.811. The first kappa shape index (κ1) is 14.1. The summed E-state index contributed by atoms with van der Waals surface area (Å²) in [5.74, 6) is -1.61. The smallest absolute Gasteiger partial charge is 0.159 e. The lowest BCUT2D eigenvalue weighted by atomic mass is 10.0. The van der Waals surface area contributed by atoms with Gasteiger partial charge in [-0.2, -0.15) is 0 Å². The molecule has 0 aliphatic heterocycles. The van der Waals surface area contributed by atoms with Crippen LogP contribution in [0, 0.1) is 25.5 Å². The molecule has 1 N–H and O–H groups in total. The average Bonchev–Trinajstić information content (AvgIpc) is 2.70. The zero-order valence-corrected chi connectivity index (χ0v) is 11.9. The average molecular weight is 282 g/mol. The maximum absolute atomic E-state index is 13.2. The molecule has 1 heterocycles. The van der Waals surface area contributed by atoms with Crippen LogP contribution in [0.5, 0.6) is 0 Å². The minimum Gasteiger partial charge on any atom is -0.312 e. The zero-order chi connectivity index (χ0) is 14.0. The Kier molecular flexibility index (Phi) is 4.27. The molecule has 1 aromatic carbocycles. The first-order chi connectivity index (χ1) is 9.01. The third kappa shape index (κ3) is 3.16. The second-order valence-electron chi connectivity index (χ2n) is 4.48. The van der Waals surface area contributed by atoms with Gasteiger partial charge in [0.05, 0.1) is 10.7 Å². The number of rotatable bonds is 4. The second-order valence-corrected chi connectivity index (χ2v) is 5.71. The van der Waals surface area contributed by atoms with E-state index in [1.165, 1.54) is 12.1 Å². The Morgan fingerprint density at radius 1 is 1.26 bits per heavy atom. The number of likely N-dealkylation sites (N-methyl/N-ethyl adjacent to an activating group) is 1. The molecule has 1 atom stereocenters. The maximum Gasteiger partial charge on any atom is 0.159 e. The van der Waals surface area contributed by atoms with Crippen LogP contribution in [0.25, 0.3) is 0 Å². The molecule has 1 aromatic heterocycles. The molecule has 1 unspecified atom stereocenters. The normalized spacial score (nSPS) is 12.7. The van der Waals surface area contributed by atoms with Gasteiger partial charge in [0.1, 0.15) is 0 Å². The lowest BCUT2D eigenvalue weighted by molar-refractivity contribution is 0.504. The van der Waals surface area contributed by atoms with Gasteiger partial charge in [-0.1, -0.05) is 6.07 Å². The zero-order valence-electron chi connectivity index (χ0n) is 11.1. The van der Waals surface area contributed by atoms with Crippen molar-refractivity contribution in [3.63, 3.8) is 0 Å². The Labute approximate surface area is 115 Å². The van der Waals surface area contributed by atoms with Crippen molar-refractivity contribution in [2.75, 3.05) is 7.05 Å². The highest BCUT2D eigenvalue weighted by molar-refractivity contribution is 7.11. The van der Waals surface area contributed by atoms with E-state index in [0.717, 1.165) is 21.1 Å². The third-order valence-electron chi connectivity index (χ3n) is 3.03. The van der Waals surface area contributed by atoms with Crippen molar-refractivity contribution in [1.82, 2.24) is 10.3 Å². The summed E-state index contributed by atoms with van der Waals surface area (Å²) < 4.78 is 26.1. The first-order valence-corrected chi connectivity index (χ1v) is 6.88. The van der Waals surface area contributed by atoms with Crippen molar-refractivity contribution in [1.29, 1.82) is 0 Å². The van der Waals surface area contributed by atoms with Gasteiger partial charge in [0, 0.05) is 10.9 Å². The molecule has 0 spiro atoms. The molecular weight excluding hydrogens is 266 g/mol. The number of nitrogens with zero attached hydrogens (tertiary/aromatic N) is 1. The quantitative estimate of drug-likeness (QED) is 0.927. The molecule has 19 heavy (non-hydrogen) atoms. The summed E-state index contributed by atoms with van der Waals surface area (Å²) in [5, 5.41) is 4.22. The van der Waals surface area contributed by atoms with Crippen molar-refractivity contribution in [3.8, 4) is 0 Å². The van der Waals surface area contributed by atoms with Crippen molar-refractivity contribution in [3.05, 3.63) is 51.0 Å². The van der Waals surface area contributed by atoms with Gasteiger partial charge in [0.15, 0.2) is 11.6 Å². The van der Waals surface area contributed by atoms with Crippen LogP contribution in [-0.4, -0.2) is 12.0 Å². The predicted molar refractivity (Wildman–Crippen MR) is 73.5 cm³/mol. The summed E-state index contributed by atoms with van der Waals surface area (Å²) in [6.07, 6.45) is 0.607. The number of aromatic nitrogens is 1. The van der Waals surface area contributed by atoms with Crippen LogP contribution in [-0.2, 0) is 6.42 Å². The molecule has 0 bridgehead atoms. The van der Waals surface area contributed by atoms with E-state index in [2.05, 4.69) is 10.3 Å². The van der Waals surface area contributed by atoms with Crippen molar-refractivity contribution in [2.45, 2.75) is 26.3 Å². The van der Waals surface area contributed by atoms with Gasteiger partial charge in [-0.05, 0) is 45.0 Å². The molecule has 0 saturated heterocycles. The number of hydrogen-bond donors (Lipinski definition) is 1. The van der Waals surface area contributed by atoms with E-state index in [4.69, 9.17) is 0 Å². The molecule has 0 fully saturated rings. The molecule has 0 saturated carbocycles. The molecule has 0 aliphatic carbocycles. The SMILES string of the molecule is CNC(Cc1ccc(F)c(F)c1)c1sc(C)nc1C. The van der Waals surface area contributed by atoms with Crippen LogP contribution in [0.2, 0.25) is 0 Å². The molecule has 2 rings (SSSR count). The fourth-order valence-corrected chi connectivity index (χ4v) is 3.14. The number of aryl methyl sites for hydroxylation is 2. The summed E-state index contributed by atoms with van der Waals surface area (Å²) in [5.41, 5.74) is 1.76. The number of benzene rings is 1. The van der Waals surface area contributed by atoms with Crippen LogP contribution >= 0.6 is 11.3 Å². The van der Waals surface area contributed by atoms with Gasteiger partial charge in [-0.15, -0.1) is 11.3 Å². The van der Waals surface area contributed by atoms with E-state index < -0.39 is 11.6 Å². The Hall–Kier alpha value is -1.33. The Bertz CT molecular complexity index is 581. The Balaban J connectivity index is 2.23. The molecule has 2 nitrogen and oxygen atoms in total. The predicted octanol–water partition coefficient (Wildman–Crippen LogP) is 3.54. The maximum atomic E-state index is 13.2. The molecule has 5 heteroatoms. The Morgan fingerprint density at radius 2 is 2.00 bits per heavy atom. The van der Waals surface area contributed by atoms with E-state index in [1.54, 1.807) is 17.4 Å². The van der Waals surface area contributed by atoms with Crippen molar-refractivity contribution >= 4 is 11.3 Å². The topological polar surface area (TPSA) is 24.9 Å². The van der Waals surface area contributed by atoms with Crippen molar-refractivity contribution in [2.24, 2.45) is 0 Å². The minimum absolute atomic E-state index is 0.0658. The number of hydrogen-bond acceptors (Lipinski definition) is 3. The fourth-order valence-electron chi connectivity index (χ4n) is 2.10. The summed E-state index contributed by atoms with van der Waals surface area (Å²) in [6, 6.07) is 4.10. The van der Waals surface area contributed by atoms with Crippen LogP contribution < -0.4 is 5.32 Å². The van der Waals surface area contributed by atoms with E-state index in [0.29, 0.717) is 6.42 Å². The molecule has 0 radical (unpaired) electrons. The first-order valence-electron chi connectivity index (χ1n) is 6.06. The standard InChI is InChI=1S/C14H16F2N2S/c1-8-14(19-9(2)18-8)13(17-3)7-10-4-5-11(15)12(16)6-10/h4-6,13,17H,7H2,1-3H3. The van der Waals surface area contributed by atoms with E-state index in [1.807, 2.05) is 20.9 Å². The summed E-state index contributed by atoms with van der Waals surface area (Å²) >= 11 is 1.63. The van der Waals surface area contributed by atoms with Gasteiger partial charge in [0.25, 0.3) is 0 Å². The highest BCUT2D eigenvalue weighted by Gasteiger charge is 2.17. The molecule has 102 valence electrons. The molecule has 0 aliphatic rings. The van der Waals surface area contributed by atoms with Crippen LogP contribution in [0.15, 0.2) is 18.2 Å². The van der Waals surface area contributed by atoms with E-state index in [9.17, 15) is 8.78 Å². The molecule has 2 aromatic rings. The van der Waals surface area contributed by atoms with Crippen molar-refractivity contribution < 1.29 is 8.78 Å². The van der Waals surface area contributed by atoms with Gasteiger partial charge in [-0.25, -0.2) is 13.8 Å². The van der Waals surface area contributed by atoms with Gasteiger partial charge in [0.2, 0.25) is 0 Å². The Morgan fingerprint density at radius 3 is 2.53 bits per heavy atom. The lowest BCUT2D eigenvalue weighted by Crippen LogP contribution is -2.18. The largest absolute Gasteiger partial charge is 0.312 e. The van der Waals surface area contributed by atoms with Gasteiger partial charge in [-0.3, -0.25) is 0 Å². The lowest BCUT2D eigenvalue weighted by Gasteiger charge is -2.15. The summed E-state index contributed by atoms with van der Waals surface area (Å²) in [7, 11) is 1.86. The van der Waals surface area contributed by atoms with E-state index >= 15 is 0 Å². The van der Waals surface area contributed by atoms with Crippen LogP contribution in [0.4, 0.5) is 8.78 Å². The molecule has 0 amide bonds. The molecular formula is C14H16F2N2S. The number of halogens is 2. The second kappa shape index (κ2) is 5.75. The summed E-state index contributed by atoms with van der Waals surface area (Å²) in [4.78, 5) is 5.54. The number of nitrogens with one attached hydrogen (secondary N) is 1. The third-order valence-corrected chi connectivity index (χ3v) is 4.21. The van der Waals surface area contributed by atoms with Gasteiger partial charge >= 0.3 is 0 Å². The highest BCUT2D eigenvalue weighted by atomic mass is 32.1. The van der Waals surface area contributed by atoms with Crippen LogP contribution in [0.3, 0.4) is 0 Å².